The first-order valence-corrected chi connectivity index (χ1v) is 6.71. The zero-order chi connectivity index (χ0) is 15.3. The van der Waals surface area contributed by atoms with Crippen molar-refractivity contribution in [3.63, 3.8) is 0 Å². The Hall–Kier alpha value is -1.59. The molecule has 108 valence electrons. The lowest BCUT2D eigenvalue weighted by atomic mass is 10.1. The Kier molecular flexibility index (Phi) is 5.98. The Morgan fingerprint density at radius 1 is 1.50 bits per heavy atom. The fourth-order valence-corrected chi connectivity index (χ4v) is 2.11. The van der Waals surface area contributed by atoms with Crippen LogP contribution < -0.4 is 0 Å². The summed E-state index contributed by atoms with van der Waals surface area (Å²) in [5.41, 5.74) is -0.237. The first-order valence-electron chi connectivity index (χ1n) is 5.96. The summed E-state index contributed by atoms with van der Waals surface area (Å²) in [7, 11) is 0. The molecule has 1 amide bonds. The van der Waals surface area contributed by atoms with Crippen LogP contribution in [0.25, 0.3) is 0 Å². The predicted molar refractivity (Wildman–Crippen MR) is 79.5 cm³/mol. The van der Waals surface area contributed by atoms with Crippen molar-refractivity contribution in [1.82, 2.24) is 4.90 Å². The van der Waals surface area contributed by atoms with E-state index in [0.717, 1.165) is 12.5 Å². The van der Waals surface area contributed by atoms with Gasteiger partial charge in [-0.25, -0.2) is 0 Å². The maximum Gasteiger partial charge on any atom is 0.290 e. The molecule has 0 saturated heterocycles. The van der Waals surface area contributed by atoms with Gasteiger partial charge in [0.15, 0.2) is 0 Å². The lowest BCUT2D eigenvalue weighted by Crippen LogP contribution is -2.31. The first kappa shape index (κ1) is 16.5. The smallest absolute Gasteiger partial charge is 0.290 e. The molecule has 0 atom stereocenters. The number of hydrogen-bond donors (Lipinski definition) is 0. The minimum absolute atomic E-state index is 0.0146. The van der Waals surface area contributed by atoms with Crippen LogP contribution in [0.2, 0.25) is 10.0 Å². The Morgan fingerprint density at radius 3 is 2.65 bits per heavy atom. The largest absolute Gasteiger partial charge is 0.335 e. The van der Waals surface area contributed by atoms with Crippen molar-refractivity contribution in [2.45, 2.75) is 13.3 Å². The molecule has 0 aliphatic rings. The zero-order valence-corrected chi connectivity index (χ0v) is 12.4. The van der Waals surface area contributed by atoms with E-state index in [9.17, 15) is 14.9 Å². The Bertz CT molecular complexity index is 547. The second-order valence-electron chi connectivity index (χ2n) is 4.09. The van der Waals surface area contributed by atoms with Crippen LogP contribution in [0.4, 0.5) is 5.69 Å². The summed E-state index contributed by atoms with van der Waals surface area (Å²) >= 11 is 11.6. The van der Waals surface area contributed by atoms with Gasteiger partial charge in [-0.15, -0.1) is 6.58 Å². The van der Waals surface area contributed by atoms with Crippen LogP contribution in [0.5, 0.6) is 0 Å². The number of amides is 1. The molecule has 0 unspecified atom stereocenters. The molecule has 1 aromatic rings. The maximum absolute atomic E-state index is 12.3. The first-order chi connectivity index (χ1) is 9.42. The van der Waals surface area contributed by atoms with E-state index >= 15 is 0 Å². The van der Waals surface area contributed by atoms with Crippen LogP contribution in [0.3, 0.4) is 0 Å². The van der Waals surface area contributed by atoms with E-state index in [1.807, 2.05) is 6.92 Å². The van der Waals surface area contributed by atoms with Crippen LogP contribution in [0.15, 0.2) is 24.8 Å². The molecular formula is C13H14Cl2N2O3. The number of nitro groups is 1. The maximum atomic E-state index is 12.3. The summed E-state index contributed by atoms with van der Waals surface area (Å²) in [5.74, 6) is -0.339. The topological polar surface area (TPSA) is 63.5 Å². The molecule has 0 bridgehead atoms. The van der Waals surface area contributed by atoms with E-state index in [4.69, 9.17) is 23.2 Å². The third-order valence-corrected chi connectivity index (χ3v) is 3.37. The van der Waals surface area contributed by atoms with Gasteiger partial charge in [-0.2, -0.15) is 0 Å². The average Bonchev–Trinajstić information content (AvgIpc) is 2.40. The highest BCUT2D eigenvalue weighted by Crippen LogP contribution is 2.33. The van der Waals surface area contributed by atoms with Crippen LogP contribution in [0.1, 0.15) is 23.7 Å². The van der Waals surface area contributed by atoms with Gasteiger partial charge in [0.05, 0.1) is 9.95 Å². The SMILES string of the molecule is C=CCN(CCC)C(=O)c1cc(Cl)c(Cl)c([N+](=O)[O-])c1. The number of carbonyl (C=O) groups excluding carboxylic acids is 1. The van der Waals surface area contributed by atoms with Gasteiger partial charge in [0, 0.05) is 24.7 Å². The molecule has 20 heavy (non-hydrogen) atoms. The second kappa shape index (κ2) is 7.26. The highest BCUT2D eigenvalue weighted by atomic mass is 35.5. The second-order valence-corrected chi connectivity index (χ2v) is 4.87. The molecule has 0 N–H and O–H groups in total. The van der Waals surface area contributed by atoms with Gasteiger partial charge in [-0.3, -0.25) is 14.9 Å². The summed E-state index contributed by atoms with van der Waals surface area (Å²) < 4.78 is 0. The fourth-order valence-electron chi connectivity index (χ4n) is 1.71. The number of nitro benzene ring substituents is 1. The molecule has 0 aliphatic heterocycles. The van der Waals surface area contributed by atoms with Gasteiger partial charge < -0.3 is 4.90 Å². The molecule has 0 radical (unpaired) electrons. The van der Waals surface area contributed by atoms with Gasteiger partial charge in [0.2, 0.25) is 0 Å². The average molecular weight is 317 g/mol. The number of benzene rings is 1. The summed E-state index contributed by atoms with van der Waals surface area (Å²) in [6.45, 7) is 6.41. The molecular weight excluding hydrogens is 303 g/mol. The molecule has 5 nitrogen and oxygen atoms in total. The number of nitrogens with zero attached hydrogens (tertiary/aromatic N) is 2. The highest BCUT2D eigenvalue weighted by molar-refractivity contribution is 6.43. The Morgan fingerprint density at radius 2 is 2.15 bits per heavy atom. The molecule has 0 heterocycles. The molecule has 0 saturated carbocycles. The van der Waals surface area contributed by atoms with Gasteiger partial charge in [0.1, 0.15) is 5.02 Å². The lowest BCUT2D eigenvalue weighted by molar-refractivity contribution is -0.384. The van der Waals surface area contributed by atoms with Crippen molar-refractivity contribution in [2.75, 3.05) is 13.1 Å². The highest BCUT2D eigenvalue weighted by Gasteiger charge is 2.22. The minimum atomic E-state index is -0.664. The Labute approximate surface area is 126 Å². The third kappa shape index (κ3) is 3.71. The normalized spacial score (nSPS) is 10.2. The number of rotatable bonds is 6. The van der Waals surface area contributed by atoms with Crippen molar-refractivity contribution in [2.24, 2.45) is 0 Å². The van der Waals surface area contributed by atoms with Crippen molar-refractivity contribution < 1.29 is 9.72 Å². The minimum Gasteiger partial charge on any atom is -0.335 e. The summed E-state index contributed by atoms with van der Waals surface area (Å²) in [5, 5.41) is 10.7. The molecule has 0 aromatic heterocycles. The van der Waals surface area contributed by atoms with Crippen LogP contribution in [-0.2, 0) is 0 Å². The number of carbonyl (C=O) groups is 1. The van der Waals surface area contributed by atoms with E-state index < -0.39 is 4.92 Å². The van der Waals surface area contributed by atoms with Crippen LogP contribution in [0, 0.1) is 10.1 Å². The standard InChI is InChI=1S/C13H14Cl2N2O3/c1-3-5-16(6-4-2)13(18)9-7-10(14)12(15)11(8-9)17(19)20/h3,7-8H,1,4-6H2,2H3. The summed E-state index contributed by atoms with van der Waals surface area (Å²) in [6.07, 6.45) is 2.36. The Balaban J connectivity index is 3.21. The van der Waals surface area contributed by atoms with Gasteiger partial charge >= 0.3 is 0 Å². The lowest BCUT2D eigenvalue weighted by Gasteiger charge is -2.20. The van der Waals surface area contributed by atoms with E-state index in [-0.39, 0.29) is 27.2 Å². The summed E-state index contributed by atoms with van der Waals surface area (Å²) in [6, 6.07) is 2.48. The van der Waals surface area contributed by atoms with E-state index in [1.54, 1.807) is 6.08 Å². The summed E-state index contributed by atoms with van der Waals surface area (Å²) in [4.78, 5) is 24.1. The van der Waals surface area contributed by atoms with Crippen LogP contribution in [-0.4, -0.2) is 28.8 Å². The van der Waals surface area contributed by atoms with Crippen molar-refractivity contribution in [3.8, 4) is 0 Å². The van der Waals surface area contributed by atoms with Gasteiger partial charge in [-0.05, 0) is 12.5 Å². The molecule has 0 fully saturated rings. The molecule has 0 aliphatic carbocycles. The molecule has 1 rings (SSSR count). The quantitative estimate of drug-likeness (QED) is 0.453. The van der Waals surface area contributed by atoms with Crippen molar-refractivity contribution in [3.05, 3.63) is 50.5 Å². The monoisotopic (exact) mass is 316 g/mol. The fraction of sp³-hybridized carbons (Fsp3) is 0.308. The van der Waals surface area contributed by atoms with E-state index in [2.05, 4.69) is 6.58 Å². The van der Waals surface area contributed by atoms with E-state index in [0.29, 0.717) is 13.1 Å². The van der Waals surface area contributed by atoms with E-state index in [1.165, 1.54) is 11.0 Å². The molecule has 1 aromatic carbocycles. The van der Waals surface area contributed by atoms with Gasteiger partial charge in [-0.1, -0.05) is 36.2 Å². The van der Waals surface area contributed by atoms with Crippen molar-refractivity contribution >= 4 is 34.8 Å². The number of halogens is 2. The molecule has 0 spiro atoms. The number of hydrogen-bond acceptors (Lipinski definition) is 3. The van der Waals surface area contributed by atoms with Gasteiger partial charge in [0.25, 0.3) is 11.6 Å². The third-order valence-electron chi connectivity index (χ3n) is 2.58. The van der Waals surface area contributed by atoms with Crippen LogP contribution >= 0.6 is 23.2 Å². The predicted octanol–water partition coefficient (Wildman–Crippen LogP) is 3.94. The van der Waals surface area contributed by atoms with Crippen molar-refractivity contribution in [1.29, 1.82) is 0 Å². The molecule has 7 heteroatoms. The zero-order valence-electron chi connectivity index (χ0n) is 10.9.